The van der Waals surface area contributed by atoms with E-state index < -0.39 is 0 Å². The Bertz CT molecular complexity index is 247. The van der Waals surface area contributed by atoms with E-state index in [2.05, 4.69) is 11.9 Å². The van der Waals surface area contributed by atoms with Crippen LogP contribution in [0.2, 0.25) is 0 Å². The number of nitrogens with zero attached hydrogens (tertiary/aromatic N) is 2. The van der Waals surface area contributed by atoms with Crippen molar-refractivity contribution in [2.45, 2.75) is 12.5 Å². The Morgan fingerprint density at radius 3 is 3.00 bits per heavy atom. The van der Waals surface area contributed by atoms with E-state index in [0.29, 0.717) is 19.1 Å². The Hall–Kier alpha value is -0.810. The van der Waals surface area contributed by atoms with Crippen LogP contribution >= 0.6 is 0 Å². The van der Waals surface area contributed by atoms with Gasteiger partial charge in [-0.2, -0.15) is 0 Å². The summed E-state index contributed by atoms with van der Waals surface area (Å²) in [5, 5.41) is 9.10. The van der Waals surface area contributed by atoms with Gasteiger partial charge in [-0.05, 0) is 25.9 Å². The van der Waals surface area contributed by atoms with Gasteiger partial charge in [-0.15, -0.1) is 0 Å². The lowest BCUT2D eigenvalue weighted by Gasteiger charge is -2.22. The fourth-order valence-electron chi connectivity index (χ4n) is 2.32. The van der Waals surface area contributed by atoms with Gasteiger partial charge in [-0.1, -0.05) is 0 Å². The first-order chi connectivity index (χ1) is 7.20. The van der Waals surface area contributed by atoms with Crippen molar-refractivity contribution in [3.05, 3.63) is 0 Å². The van der Waals surface area contributed by atoms with Gasteiger partial charge in [0.05, 0.1) is 12.6 Å². The Morgan fingerprint density at radius 1 is 1.60 bits per heavy atom. The summed E-state index contributed by atoms with van der Waals surface area (Å²) in [6.07, 6.45) is 0.849. The van der Waals surface area contributed by atoms with Crippen LogP contribution in [0.1, 0.15) is 6.42 Å². The highest BCUT2D eigenvalue weighted by Crippen LogP contribution is 2.20. The summed E-state index contributed by atoms with van der Waals surface area (Å²) in [5.41, 5.74) is 0. The minimum absolute atomic E-state index is 0.00566. The Morgan fingerprint density at radius 2 is 2.40 bits per heavy atom. The SMILES string of the molecule is CN1CCC(CN2C(=O)OCC2CO)C1. The molecule has 0 radical (unpaired) electrons. The molecule has 2 saturated heterocycles. The monoisotopic (exact) mass is 214 g/mol. The second-order valence-electron chi connectivity index (χ2n) is 4.48. The molecule has 1 amide bonds. The molecular formula is C10H18N2O3. The van der Waals surface area contributed by atoms with E-state index in [9.17, 15) is 4.79 Å². The van der Waals surface area contributed by atoms with Crippen LogP contribution in [0.3, 0.4) is 0 Å². The maximum atomic E-state index is 11.4. The van der Waals surface area contributed by atoms with Gasteiger partial charge < -0.3 is 14.7 Å². The summed E-state index contributed by atoms with van der Waals surface area (Å²) >= 11 is 0. The standard InChI is InChI=1S/C10H18N2O3/c1-11-3-2-8(4-11)5-12-9(6-13)7-15-10(12)14/h8-9,13H,2-7H2,1H3. The predicted molar refractivity (Wildman–Crippen MR) is 54.5 cm³/mol. The number of carbonyl (C=O) groups excluding carboxylic acids is 1. The maximum absolute atomic E-state index is 11.4. The summed E-state index contributed by atoms with van der Waals surface area (Å²) < 4.78 is 4.92. The average Bonchev–Trinajstić information content (AvgIpc) is 2.76. The van der Waals surface area contributed by atoms with Gasteiger partial charge >= 0.3 is 6.09 Å². The van der Waals surface area contributed by atoms with E-state index in [0.717, 1.165) is 19.5 Å². The molecule has 1 N–H and O–H groups in total. The summed E-state index contributed by atoms with van der Waals surface area (Å²) in [5.74, 6) is 0.523. The molecule has 0 aliphatic carbocycles. The van der Waals surface area contributed by atoms with E-state index in [4.69, 9.17) is 9.84 Å². The summed E-state index contributed by atoms with van der Waals surface area (Å²) in [4.78, 5) is 15.3. The van der Waals surface area contributed by atoms with Crippen molar-refractivity contribution in [1.82, 2.24) is 9.80 Å². The Balaban J connectivity index is 1.89. The van der Waals surface area contributed by atoms with Crippen molar-refractivity contribution in [2.24, 2.45) is 5.92 Å². The molecule has 86 valence electrons. The van der Waals surface area contributed by atoms with Crippen LogP contribution in [0.15, 0.2) is 0 Å². The molecule has 2 rings (SSSR count). The van der Waals surface area contributed by atoms with E-state index in [1.165, 1.54) is 0 Å². The molecular weight excluding hydrogens is 196 g/mol. The number of rotatable bonds is 3. The Kier molecular flexibility index (Phi) is 3.11. The van der Waals surface area contributed by atoms with Gasteiger partial charge in [0.15, 0.2) is 0 Å². The molecule has 15 heavy (non-hydrogen) atoms. The molecule has 5 nitrogen and oxygen atoms in total. The van der Waals surface area contributed by atoms with E-state index >= 15 is 0 Å². The van der Waals surface area contributed by atoms with Crippen LogP contribution in [-0.2, 0) is 4.74 Å². The first kappa shape index (κ1) is 10.7. The third-order valence-corrected chi connectivity index (χ3v) is 3.23. The number of aliphatic hydroxyl groups is 1. The fraction of sp³-hybridized carbons (Fsp3) is 0.900. The third-order valence-electron chi connectivity index (χ3n) is 3.23. The number of hydrogen-bond donors (Lipinski definition) is 1. The van der Waals surface area contributed by atoms with Gasteiger partial charge in [-0.25, -0.2) is 4.79 Å². The zero-order valence-electron chi connectivity index (χ0n) is 9.06. The van der Waals surface area contributed by atoms with Gasteiger partial charge in [0, 0.05) is 13.1 Å². The lowest BCUT2D eigenvalue weighted by Crippen LogP contribution is -2.40. The second-order valence-corrected chi connectivity index (χ2v) is 4.48. The van der Waals surface area contributed by atoms with Crippen LogP contribution in [0.4, 0.5) is 4.79 Å². The van der Waals surface area contributed by atoms with Crippen molar-refractivity contribution in [3.63, 3.8) is 0 Å². The molecule has 2 aliphatic rings. The Labute approximate surface area is 89.6 Å². The van der Waals surface area contributed by atoms with Gasteiger partial charge in [0.2, 0.25) is 0 Å². The largest absolute Gasteiger partial charge is 0.447 e. The number of carbonyl (C=O) groups is 1. The lowest BCUT2D eigenvalue weighted by atomic mass is 10.1. The molecule has 0 aromatic carbocycles. The molecule has 0 aromatic rings. The van der Waals surface area contributed by atoms with E-state index in [1.807, 2.05) is 0 Å². The molecule has 2 unspecified atom stereocenters. The topological polar surface area (TPSA) is 53.0 Å². The number of aliphatic hydroxyl groups excluding tert-OH is 1. The third kappa shape index (κ3) is 2.23. The van der Waals surface area contributed by atoms with Gasteiger partial charge in [-0.3, -0.25) is 4.90 Å². The molecule has 0 saturated carbocycles. The second kappa shape index (κ2) is 4.37. The van der Waals surface area contributed by atoms with E-state index in [-0.39, 0.29) is 18.7 Å². The number of ether oxygens (including phenoxy) is 1. The zero-order chi connectivity index (χ0) is 10.8. The first-order valence-electron chi connectivity index (χ1n) is 5.43. The summed E-state index contributed by atoms with van der Waals surface area (Å²) in [7, 11) is 2.09. The highest BCUT2D eigenvalue weighted by molar-refractivity contribution is 5.70. The van der Waals surface area contributed by atoms with Crippen LogP contribution < -0.4 is 0 Å². The minimum atomic E-state index is -0.274. The smallest absolute Gasteiger partial charge is 0.410 e. The van der Waals surface area contributed by atoms with Crippen molar-refractivity contribution < 1.29 is 14.6 Å². The first-order valence-corrected chi connectivity index (χ1v) is 5.43. The maximum Gasteiger partial charge on any atom is 0.410 e. The van der Waals surface area contributed by atoms with Crippen LogP contribution in [0.5, 0.6) is 0 Å². The molecule has 2 heterocycles. The van der Waals surface area contributed by atoms with E-state index in [1.54, 1.807) is 4.90 Å². The molecule has 0 spiro atoms. The molecule has 2 atom stereocenters. The summed E-state index contributed by atoms with van der Waals surface area (Å²) in [6, 6.07) is -0.136. The number of likely N-dealkylation sites (tertiary alicyclic amines) is 1. The predicted octanol–water partition coefficient (Wildman–Crippen LogP) is -0.249. The van der Waals surface area contributed by atoms with Crippen LogP contribution in [0.25, 0.3) is 0 Å². The molecule has 2 fully saturated rings. The van der Waals surface area contributed by atoms with Crippen molar-refractivity contribution >= 4 is 6.09 Å². The normalized spacial score (nSPS) is 32.4. The van der Waals surface area contributed by atoms with Crippen molar-refractivity contribution in [1.29, 1.82) is 0 Å². The zero-order valence-corrected chi connectivity index (χ0v) is 9.06. The van der Waals surface area contributed by atoms with Crippen molar-refractivity contribution in [3.8, 4) is 0 Å². The fourth-order valence-corrected chi connectivity index (χ4v) is 2.32. The quantitative estimate of drug-likeness (QED) is 0.704. The number of amides is 1. The molecule has 5 heteroatoms. The molecule has 2 aliphatic heterocycles. The number of cyclic esters (lactones) is 1. The van der Waals surface area contributed by atoms with Gasteiger partial charge in [0.1, 0.15) is 6.61 Å². The molecule has 0 aromatic heterocycles. The molecule has 0 bridgehead atoms. The average molecular weight is 214 g/mol. The van der Waals surface area contributed by atoms with Crippen molar-refractivity contribution in [2.75, 3.05) is 39.9 Å². The highest BCUT2D eigenvalue weighted by Gasteiger charge is 2.35. The van der Waals surface area contributed by atoms with Gasteiger partial charge in [0.25, 0.3) is 0 Å². The highest BCUT2D eigenvalue weighted by atomic mass is 16.6. The van der Waals surface area contributed by atoms with Crippen LogP contribution in [0, 0.1) is 5.92 Å². The number of hydrogen-bond acceptors (Lipinski definition) is 4. The lowest BCUT2D eigenvalue weighted by molar-refractivity contribution is 0.145. The minimum Gasteiger partial charge on any atom is -0.447 e. The summed E-state index contributed by atoms with van der Waals surface area (Å²) in [6.45, 7) is 3.17. The van der Waals surface area contributed by atoms with Crippen LogP contribution in [-0.4, -0.2) is 66.9 Å².